The average Bonchev–Trinajstić information content (AvgIpc) is 2.60. The van der Waals surface area contributed by atoms with Crippen molar-refractivity contribution < 1.29 is 28.6 Å². The van der Waals surface area contributed by atoms with Crippen LogP contribution in [0.2, 0.25) is 0 Å². The monoisotopic (exact) mass is 410 g/mol. The minimum atomic E-state index is -0.665. The topological polar surface area (TPSA) is 103 Å². The smallest absolute Gasteiger partial charge is 0.407 e. The Morgan fingerprint density at radius 3 is 2.41 bits per heavy atom. The molecule has 1 aliphatic carbocycles. The molecule has 2 N–H and O–H groups in total. The number of carbonyl (C=O) groups is 3. The molecule has 1 aliphatic heterocycles. The third-order valence-electron chi connectivity index (χ3n) is 5.09. The van der Waals surface area contributed by atoms with Gasteiger partial charge in [-0.2, -0.15) is 0 Å². The Bertz CT molecular complexity index is 663. The van der Waals surface area contributed by atoms with E-state index in [1.807, 2.05) is 13.8 Å². The van der Waals surface area contributed by atoms with Gasteiger partial charge in [-0.05, 0) is 39.2 Å². The lowest BCUT2D eigenvalue weighted by molar-refractivity contribution is -0.141. The molecule has 0 bridgehead atoms. The molecule has 3 atom stereocenters. The molecule has 0 unspecified atom stereocenters. The minimum absolute atomic E-state index is 0.0248. The van der Waals surface area contributed by atoms with Gasteiger partial charge in [-0.25, -0.2) is 9.59 Å². The first-order valence-corrected chi connectivity index (χ1v) is 10.4. The molecule has 2 amide bonds. The van der Waals surface area contributed by atoms with Gasteiger partial charge in [-0.3, -0.25) is 4.79 Å². The molecule has 1 heterocycles. The zero-order valence-corrected chi connectivity index (χ0v) is 18.3. The second kappa shape index (κ2) is 9.61. The molecule has 0 aromatic rings. The molecule has 0 aromatic carbocycles. The van der Waals surface area contributed by atoms with E-state index in [2.05, 4.69) is 10.6 Å². The Hall–Kier alpha value is -2.09. The van der Waals surface area contributed by atoms with E-state index in [0.29, 0.717) is 12.0 Å². The van der Waals surface area contributed by atoms with Crippen LogP contribution in [0.4, 0.5) is 4.79 Å². The van der Waals surface area contributed by atoms with E-state index in [-0.39, 0.29) is 31.0 Å². The first kappa shape index (κ1) is 23.2. The van der Waals surface area contributed by atoms with Gasteiger partial charge in [-0.15, -0.1) is 0 Å². The van der Waals surface area contributed by atoms with Crippen molar-refractivity contribution in [3.63, 3.8) is 0 Å². The van der Waals surface area contributed by atoms with E-state index in [1.54, 1.807) is 20.8 Å². The fraction of sp³-hybridized carbons (Fsp3) is 0.762. The number of hydrogen-bond acceptors (Lipinski definition) is 6. The van der Waals surface area contributed by atoms with Gasteiger partial charge in [0, 0.05) is 25.3 Å². The van der Waals surface area contributed by atoms with Crippen LogP contribution in [0.1, 0.15) is 67.2 Å². The van der Waals surface area contributed by atoms with Crippen LogP contribution < -0.4 is 10.6 Å². The highest BCUT2D eigenvalue weighted by molar-refractivity contribution is 5.91. The Labute approximate surface area is 172 Å². The normalized spacial score (nSPS) is 24.7. The van der Waals surface area contributed by atoms with Crippen molar-refractivity contribution in [1.29, 1.82) is 0 Å². The van der Waals surface area contributed by atoms with Crippen molar-refractivity contribution in [3.05, 3.63) is 11.1 Å². The summed E-state index contributed by atoms with van der Waals surface area (Å²) in [4.78, 5) is 36.8. The van der Waals surface area contributed by atoms with Gasteiger partial charge < -0.3 is 24.8 Å². The van der Waals surface area contributed by atoms with Crippen LogP contribution in [0, 0.1) is 0 Å². The van der Waals surface area contributed by atoms with E-state index < -0.39 is 29.9 Å². The van der Waals surface area contributed by atoms with Gasteiger partial charge in [0.15, 0.2) is 0 Å². The molecule has 0 fully saturated rings. The predicted octanol–water partition coefficient (Wildman–Crippen LogP) is 2.61. The van der Waals surface area contributed by atoms with Gasteiger partial charge in [0.05, 0.1) is 24.8 Å². The lowest BCUT2D eigenvalue weighted by Gasteiger charge is -2.43. The maximum Gasteiger partial charge on any atom is 0.407 e. The molecule has 164 valence electrons. The number of esters is 1. The van der Waals surface area contributed by atoms with Gasteiger partial charge in [0.2, 0.25) is 5.91 Å². The molecular formula is C21H34N2O6. The molecule has 8 nitrogen and oxygen atoms in total. The molecular weight excluding hydrogens is 376 g/mol. The van der Waals surface area contributed by atoms with Gasteiger partial charge in [-0.1, -0.05) is 13.8 Å². The molecule has 0 spiro atoms. The summed E-state index contributed by atoms with van der Waals surface area (Å²) >= 11 is 0. The summed E-state index contributed by atoms with van der Waals surface area (Å²) in [5.41, 5.74) is 0.714. The van der Waals surface area contributed by atoms with E-state index in [9.17, 15) is 14.4 Å². The number of amides is 2. The Kier molecular flexibility index (Phi) is 7.68. The number of hydrogen-bond donors (Lipinski definition) is 2. The lowest BCUT2D eigenvalue weighted by atomic mass is 9.79. The van der Waals surface area contributed by atoms with Gasteiger partial charge >= 0.3 is 12.1 Å². The summed E-state index contributed by atoms with van der Waals surface area (Å²) in [5, 5.41) is 5.76. The van der Waals surface area contributed by atoms with Crippen LogP contribution in [-0.2, 0) is 23.8 Å². The zero-order valence-electron chi connectivity index (χ0n) is 18.3. The number of ether oxygens (including phenoxy) is 3. The zero-order chi connectivity index (χ0) is 21.8. The Morgan fingerprint density at radius 2 is 1.86 bits per heavy atom. The molecule has 0 saturated heterocycles. The van der Waals surface area contributed by atoms with Crippen LogP contribution >= 0.6 is 0 Å². The molecule has 2 rings (SSSR count). The maximum absolute atomic E-state index is 12.4. The predicted molar refractivity (Wildman–Crippen MR) is 107 cm³/mol. The minimum Gasteiger partial charge on any atom is -0.462 e. The average molecular weight is 411 g/mol. The standard InChI is InChI=1S/C21H34N2O6/c1-7-13(8-2)28-18-14-9-10-27-19(25)15(14)11-16(17(18)22-12(3)24)23-20(26)29-21(4,5)6/h13,16-18H,7-11H2,1-6H3,(H,22,24)(H,23,26)/t16-,17+,18+/m0/s1. The summed E-state index contributed by atoms with van der Waals surface area (Å²) < 4.78 is 17.0. The first-order chi connectivity index (χ1) is 13.6. The highest BCUT2D eigenvalue weighted by atomic mass is 16.6. The number of rotatable bonds is 6. The Balaban J connectivity index is 2.38. The van der Waals surface area contributed by atoms with E-state index in [0.717, 1.165) is 18.4 Å². The number of carbonyl (C=O) groups excluding carboxylic acids is 3. The SMILES string of the molecule is CCC(CC)O[C@@H]1C2=C(C[C@H](NC(=O)OC(C)(C)C)[C@H]1NC(C)=O)C(=O)OCC2. The van der Waals surface area contributed by atoms with E-state index in [4.69, 9.17) is 14.2 Å². The highest BCUT2D eigenvalue weighted by Crippen LogP contribution is 2.35. The fourth-order valence-corrected chi connectivity index (χ4v) is 3.79. The second-order valence-electron chi connectivity index (χ2n) is 8.57. The van der Waals surface area contributed by atoms with Crippen molar-refractivity contribution in [1.82, 2.24) is 10.6 Å². The molecule has 0 aromatic heterocycles. The first-order valence-electron chi connectivity index (χ1n) is 10.4. The largest absolute Gasteiger partial charge is 0.462 e. The number of cyclic esters (lactones) is 1. The Morgan fingerprint density at radius 1 is 1.21 bits per heavy atom. The van der Waals surface area contributed by atoms with Crippen LogP contribution in [0.15, 0.2) is 11.1 Å². The number of nitrogens with one attached hydrogen (secondary N) is 2. The van der Waals surface area contributed by atoms with Crippen LogP contribution in [0.25, 0.3) is 0 Å². The van der Waals surface area contributed by atoms with Gasteiger partial charge in [0.25, 0.3) is 0 Å². The third kappa shape index (κ3) is 6.19. The van der Waals surface area contributed by atoms with E-state index >= 15 is 0 Å². The molecule has 8 heteroatoms. The molecule has 29 heavy (non-hydrogen) atoms. The van der Waals surface area contributed by atoms with Crippen molar-refractivity contribution >= 4 is 18.0 Å². The summed E-state index contributed by atoms with van der Waals surface area (Å²) in [7, 11) is 0. The summed E-state index contributed by atoms with van der Waals surface area (Å²) in [6, 6.07) is -1.07. The second-order valence-corrected chi connectivity index (χ2v) is 8.57. The van der Waals surface area contributed by atoms with Crippen molar-refractivity contribution in [3.8, 4) is 0 Å². The van der Waals surface area contributed by atoms with Crippen molar-refractivity contribution in [2.24, 2.45) is 0 Å². The van der Waals surface area contributed by atoms with Gasteiger partial charge in [0.1, 0.15) is 11.7 Å². The fourth-order valence-electron chi connectivity index (χ4n) is 3.79. The molecule has 0 saturated carbocycles. The quantitative estimate of drug-likeness (QED) is 0.653. The molecule has 0 radical (unpaired) electrons. The third-order valence-corrected chi connectivity index (χ3v) is 5.09. The lowest BCUT2D eigenvalue weighted by Crippen LogP contribution is -2.61. The van der Waals surface area contributed by atoms with Crippen LogP contribution in [0.3, 0.4) is 0 Å². The van der Waals surface area contributed by atoms with Crippen LogP contribution in [0.5, 0.6) is 0 Å². The molecule has 2 aliphatic rings. The summed E-state index contributed by atoms with van der Waals surface area (Å²) in [6.07, 6.45) is 1.27. The highest BCUT2D eigenvalue weighted by Gasteiger charge is 2.44. The van der Waals surface area contributed by atoms with Crippen molar-refractivity contribution in [2.45, 2.75) is 97.1 Å². The van der Waals surface area contributed by atoms with Crippen molar-refractivity contribution in [2.75, 3.05) is 6.61 Å². The van der Waals surface area contributed by atoms with E-state index in [1.165, 1.54) is 6.92 Å². The summed E-state index contributed by atoms with van der Waals surface area (Å²) in [5.74, 6) is -0.617. The maximum atomic E-state index is 12.4. The summed E-state index contributed by atoms with van der Waals surface area (Å²) in [6.45, 7) is 11.1. The van der Waals surface area contributed by atoms with Crippen LogP contribution in [-0.4, -0.2) is 54.5 Å². The number of alkyl carbamates (subject to hydrolysis) is 1.